The van der Waals surface area contributed by atoms with E-state index in [1.807, 2.05) is 79.8 Å². The standard InChI is InChI=1S/C59H52Cl2FN15O2/c1-3-76-54-39(21-47(56(76)78)45-13-7-36(23-49(45)60)41-26-64-33-65-27-41)30-68-58(72-54)70-43-10-5-35(6-11-43)38-9-16-53(67-29-38)75-32-42(28-66-34-75)37-8-14-46(50(61)24-37)48-22-40-31-69-59(73-55(40)77(4-2)57(48)79)71-44-12-15-52(51(62)25-44)74-19-17-63-18-20-74/h5-8,10-15,21-28,30-34,38,53,63,67H,3-4,9,16-20,29H2,1-2H3,(H-,68,69,70,71,72,73,78,79)/p+1. The topological polar surface area (TPSA) is 189 Å². The second-order valence-electron chi connectivity index (χ2n) is 19.6. The minimum atomic E-state index is -0.329. The van der Waals surface area contributed by atoms with Crippen LogP contribution in [0.1, 0.15) is 44.3 Å². The first-order valence-electron chi connectivity index (χ1n) is 26.2. The molecular weight excluding hydrogens is 1040 g/mol. The third-order valence-electron chi connectivity index (χ3n) is 14.8. The number of hydrogen-bond acceptors (Lipinski definition) is 14. The zero-order valence-corrected chi connectivity index (χ0v) is 44.7. The van der Waals surface area contributed by atoms with E-state index in [-0.39, 0.29) is 29.0 Å². The molecule has 20 heteroatoms. The summed E-state index contributed by atoms with van der Waals surface area (Å²) in [6, 6.07) is 28.1. The Kier molecular flexibility index (Phi) is 14.3. The van der Waals surface area contributed by atoms with Crippen molar-refractivity contribution in [3.05, 3.63) is 183 Å². The van der Waals surface area contributed by atoms with E-state index >= 15 is 4.39 Å². The number of anilines is 5. The second kappa shape index (κ2) is 22.1. The number of pyridine rings is 2. The first-order chi connectivity index (χ1) is 38.6. The highest BCUT2D eigenvalue weighted by Gasteiger charge is 2.27. The Bertz CT molecular complexity index is 4060. The first kappa shape index (κ1) is 51.2. The van der Waals surface area contributed by atoms with E-state index in [0.717, 1.165) is 73.5 Å². The van der Waals surface area contributed by atoms with Crippen molar-refractivity contribution in [3.8, 4) is 44.5 Å². The monoisotopic (exact) mass is 1090 g/mol. The quantitative estimate of drug-likeness (QED) is 0.0798. The van der Waals surface area contributed by atoms with Crippen molar-refractivity contribution < 1.29 is 8.96 Å². The Morgan fingerprint density at radius 1 is 0.646 bits per heavy atom. The molecule has 2 fully saturated rings. The summed E-state index contributed by atoms with van der Waals surface area (Å²) in [5.41, 5.74) is 9.16. The molecule has 2 unspecified atom stereocenters. The summed E-state index contributed by atoms with van der Waals surface area (Å²) in [7, 11) is 0. The van der Waals surface area contributed by atoms with E-state index in [0.29, 0.717) is 90.7 Å². The minimum Gasteiger partial charge on any atom is -0.367 e. The van der Waals surface area contributed by atoms with Gasteiger partial charge >= 0.3 is 0 Å². The molecule has 4 N–H and O–H groups in total. The lowest BCUT2D eigenvalue weighted by Crippen LogP contribution is -2.51. The van der Waals surface area contributed by atoms with Gasteiger partial charge < -0.3 is 20.9 Å². The smallest absolute Gasteiger partial charge is 0.287 e. The molecule has 4 aromatic carbocycles. The van der Waals surface area contributed by atoms with Gasteiger partial charge in [-0.05, 0) is 97.5 Å². The van der Waals surface area contributed by atoms with Crippen LogP contribution < -0.4 is 41.9 Å². The van der Waals surface area contributed by atoms with Gasteiger partial charge in [0.1, 0.15) is 29.6 Å². The molecule has 2 aliphatic rings. The van der Waals surface area contributed by atoms with Crippen LogP contribution in [0.2, 0.25) is 10.0 Å². The number of fused-ring (bicyclic) bond motifs is 2. The molecule has 396 valence electrons. The van der Waals surface area contributed by atoms with Crippen molar-refractivity contribution in [1.29, 1.82) is 0 Å². The van der Waals surface area contributed by atoms with Crippen molar-refractivity contribution in [1.82, 2.24) is 54.7 Å². The maximum Gasteiger partial charge on any atom is 0.287 e. The number of nitrogens with zero attached hydrogens (tertiary/aromatic N) is 11. The molecule has 2 aliphatic heterocycles. The van der Waals surface area contributed by atoms with Crippen LogP contribution in [0.25, 0.3) is 66.6 Å². The SMILES string of the molecule is CCn1c(=O)c(-c2ccc(-c3cncnc3)cc2Cl)cc2cnc(Nc3ccc(C4CCC([n+]5cncc(-c6ccc(-c7cc8cnc(Nc9ccc(N%10CCNCC%10)c(F)c9)nc8n(CC)c7=O)c(Cl)c6)c5)NC4)cc3)nc21. The number of piperidine rings is 1. The van der Waals surface area contributed by atoms with Gasteiger partial charge in [0.15, 0.2) is 12.4 Å². The summed E-state index contributed by atoms with van der Waals surface area (Å²) >= 11 is 13.8. The molecule has 79 heavy (non-hydrogen) atoms. The highest BCUT2D eigenvalue weighted by Crippen LogP contribution is 2.35. The summed E-state index contributed by atoms with van der Waals surface area (Å²) in [5.74, 6) is 0.597. The van der Waals surface area contributed by atoms with Gasteiger partial charge in [0, 0.05) is 137 Å². The summed E-state index contributed by atoms with van der Waals surface area (Å²) < 4.78 is 20.6. The lowest BCUT2D eigenvalue weighted by molar-refractivity contribution is -0.732. The molecule has 8 heterocycles. The second-order valence-corrected chi connectivity index (χ2v) is 20.4. The maximum atomic E-state index is 15.2. The van der Waals surface area contributed by atoms with Crippen LogP contribution in [-0.2, 0) is 13.1 Å². The summed E-state index contributed by atoms with van der Waals surface area (Å²) in [6.07, 6.45) is 15.9. The lowest BCUT2D eigenvalue weighted by atomic mass is 9.90. The van der Waals surface area contributed by atoms with Crippen LogP contribution >= 0.6 is 23.2 Å². The van der Waals surface area contributed by atoms with Gasteiger partial charge in [-0.3, -0.25) is 24.0 Å². The molecule has 17 nitrogen and oxygen atoms in total. The molecule has 12 rings (SSSR count). The van der Waals surface area contributed by atoms with Gasteiger partial charge in [-0.1, -0.05) is 64.6 Å². The fourth-order valence-corrected chi connectivity index (χ4v) is 11.2. The Hall–Kier alpha value is -8.55. The fraction of sp³-hybridized carbons (Fsp3) is 0.220. The predicted octanol–water partition coefficient (Wildman–Crippen LogP) is 10.1. The third-order valence-corrected chi connectivity index (χ3v) is 15.4. The number of piperazine rings is 1. The minimum absolute atomic E-state index is 0.0286. The average Bonchev–Trinajstić information content (AvgIpc) is 3.58. The van der Waals surface area contributed by atoms with Crippen LogP contribution in [0.15, 0.2) is 150 Å². The number of aromatic nitrogens is 10. The van der Waals surface area contributed by atoms with Crippen LogP contribution in [0, 0.1) is 5.82 Å². The third kappa shape index (κ3) is 10.4. The van der Waals surface area contributed by atoms with E-state index in [2.05, 4.69) is 69.1 Å². The van der Waals surface area contributed by atoms with E-state index in [9.17, 15) is 9.59 Å². The average molecular weight is 1090 g/mol. The molecule has 2 saturated heterocycles. The van der Waals surface area contributed by atoms with Gasteiger partial charge in [0.25, 0.3) is 17.4 Å². The largest absolute Gasteiger partial charge is 0.367 e. The molecule has 0 spiro atoms. The zero-order chi connectivity index (χ0) is 54.1. The van der Waals surface area contributed by atoms with Gasteiger partial charge in [-0.15, -0.1) is 0 Å². The van der Waals surface area contributed by atoms with Crippen molar-refractivity contribution in [2.75, 3.05) is 48.3 Å². The molecule has 0 amide bonds. The van der Waals surface area contributed by atoms with Crippen molar-refractivity contribution >= 4 is 74.2 Å². The summed E-state index contributed by atoms with van der Waals surface area (Å²) in [6.45, 7) is 8.42. The highest BCUT2D eigenvalue weighted by atomic mass is 35.5. The molecule has 0 bridgehead atoms. The van der Waals surface area contributed by atoms with E-state index < -0.39 is 0 Å². The number of hydrogen-bond donors (Lipinski definition) is 4. The molecule has 0 saturated carbocycles. The molecule has 10 aromatic rings. The fourth-order valence-electron chi connectivity index (χ4n) is 10.6. The first-order valence-corrected chi connectivity index (χ1v) is 27.0. The van der Waals surface area contributed by atoms with Crippen LogP contribution in [0.5, 0.6) is 0 Å². The van der Waals surface area contributed by atoms with E-state index in [1.54, 1.807) is 58.2 Å². The van der Waals surface area contributed by atoms with Crippen molar-refractivity contribution in [3.63, 3.8) is 0 Å². The van der Waals surface area contributed by atoms with Gasteiger partial charge in [-0.25, -0.2) is 28.9 Å². The van der Waals surface area contributed by atoms with Crippen molar-refractivity contribution in [2.24, 2.45) is 0 Å². The highest BCUT2D eigenvalue weighted by molar-refractivity contribution is 6.34. The van der Waals surface area contributed by atoms with Crippen molar-refractivity contribution in [2.45, 2.75) is 51.9 Å². The van der Waals surface area contributed by atoms with Gasteiger partial charge in [0.2, 0.25) is 11.9 Å². The maximum absolute atomic E-state index is 15.2. The zero-order valence-electron chi connectivity index (χ0n) is 43.2. The van der Waals surface area contributed by atoms with E-state index in [1.165, 1.54) is 18.0 Å². The number of halogens is 3. The Labute approximate surface area is 463 Å². The number of rotatable bonds is 13. The molecule has 0 aliphatic carbocycles. The lowest BCUT2D eigenvalue weighted by Gasteiger charge is -2.29. The Balaban J connectivity index is 0.690. The number of nitrogens with one attached hydrogen (secondary N) is 4. The van der Waals surface area contributed by atoms with E-state index in [4.69, 9.17) is 33.2 Å². The number of aryl methyl sites for hydroxylation is 2. The van der Waals surface area contributed by atoms with Crippen LogP contribution in [0.3, 0.4) is 0 Å². The number of benzene rings is 4. The normalized spacial score (nSPS) is 15.6. The van der Waals surface area contributed by atoms with Gasteiger partial charge in [0.05, 0.1) is 11.3 Å². The molecular formula is C59H53Cl2FN15O2+. The van der Waals surface area contributed by atoms with Crippen LogP contribution in [-0.4, -0.2) is 76.7 Å². The molecule has 2 atom stereocenters. The summed E-state index contributed by atoms with van der Waals surface area (Å²) in [4.78, 5) is 61.5. The molecule has 0 radical (unpaired) electrons. The molecule has 6 aromatic heterocycles. The predicted molar refractivity (Wildman–Crippen MR) is 308 cm³/mol. The van der Waals surface area contributed by atoms with Gasteiger partial charge in [-0.2, -0.15) is 9.97 Å². The summed E-state index contributed by atoms with van der Waals surface area (Å²) in [5, 5.41) is 15.7. The Morgan fingerprint density at radius 2 is 1.23 bits per heavy atom. The van der Waals surface area contributed by atoms with Crippen LogP contribution in [0.4, 0.5) is 33.3 Å². The Morgan fingerprint density at radius 3 is 1.80 bits per heavy atom.